The zero-order chi connectivity index (χ0) is 16.1. The van der Waals surface area contributed by atoms with Gasteiger partial charge in [0.05, 0.1) is 0 Å². The average molecular weight is 326 g/mol. The van der Waals surface area contributed by atoms with E-state index in [1.54, 1.807) is 24.3 Å². The molecule has 0 atom stereocenters. The molecule has 3 nitrogen and oxygen atoms in total. The highest BCUT2D eigenvalue weighted by molar-refractivity contribution is 6.30. The van der Waals surface area contributed by atoms with Crippen LogP contribution in [0.4, 0.5) is 5.69 Å². The van der Waals surface area contributed by atoms with Gasteiger partial charge in [-0.1, -0.05) is 41.9 Å². The fourth-order valence-corrected chi connectivity index (χ4v) is 2.39. The van der Waals surface area contributed by atoms with Crippen LogP contribution in [0.3, 0.4) is 0 Å². The van der Waals surface area contributed by atoms with E-state index in [9.17, 15) is 4.79 Å². The van der Waals surface area contributed by atoms with Crippen LogP contribution in [0.5, 0.6) is 0 Å². The van der Waals surface area contributed by atoms with Gasteiger partial charge >= 0.3 is 0 Å². The van der Waals surface area contributed by atoms with E-state index in [1.807, 2.05) is 42.5 Å². The predicted octanol–water partition coefficient (Wildman–Crippen LogP) is 5.17. The molecule has 0 bridgehead atoms. The van der Waals surface area contributed by atoms with E-state index in [0.29, 0.717) is 17.9 Å². The lowest BCUT2D eigenvalue weighted by atomic mass is 10.2. The Labute approximate surface area is 139 Å². The summed E-state index contributed by atoms with van der Waals surface area (Å²) in [5.74, 6) is 1.57. The van der Waals surface area contributed by atoms with Crippen LogP contribution >= 0.6 is 11.6 Å². The monoisotopic (exact) mass is 325 g/mol. The second-order valence-electron chi connectivity index (χ2n) is 5.19. The molecule has 1 aromatic heterocycles. The summed E-state index contributed by atoms with van der Waals surface area (Å²) in [6, 6.07) is 20.8. The molecular weight excluding hydrogens is 310 g/mol. The van der Waals surface area contributed by atoms with Crippen molar-refractivity contribution in [2.45, 2.75) is 12.8 Å². The lowest BCUT2D eigenvalue weighted by Gasteiger charge is -2.04. The van der Waals surface area contributed by atoms with Gasteiger partial charge in [0.25, 0.3) is 0 Å². The molecule has 3 rings (SSSR count). The summed E-state index contributed by atoms with van der Waals surface area (Å²) in [5.41, 5.74) is 1.77. The number of furan rings is 1. The number of carbonyl (C=O) groups is 1. The van der Waals surface area contributed by atoms with Gasteiger partial charge in [-0.05, 0) is 36.4 Å². The van der Waals surface area contributed by atoms with Crippen molar-refractivity contribution in [1.29, 1.82) is 0 Å². The molecule has 0 unspecified atom stereocenters. The first-order valence-corrected chi connectivity index (χ1v) is 7.78. The van der Waals surface area contributed by atoms with E-state index in [0.717, 1.165) is 22.8 Å². The Bertz CT molecular complexity index is 779. The third-order valence-corrected chi connectivity index (χ3v) is 3.70. The molecule has 1 amide bonds. The van der Waals surface area contributed by atoms with Gasteiger partial charge in [0.1, 0.15) is 11.5 Å². The van der Waals surface area contributed by atoms with Crippen molar-refractivity contribution in [2.75, 3.05) is 5.32 Å². The van der Waals surface area contributed by atoms with Crippen molar-refractivity contribution in [1.82, 2.24) is 0 Å². The van der Waals surface area contributed by atoms with E-state index in [-0.39, 0.29) is 5.91 Å². The van der Waals surface area contributed by atoms with Gasteiger partial charge in [-0.25, -0.2) is 0 Å². The third-order valence-electron chi connectivity index (χ3n) is 3.45. The highest BCUT2D eigenvalue weighted by atomic mass is 35.5. The van der Waals surface area contributed by atoms with E-state index in [1.165, 1.54) is 0 Å². The lowest BCUT2D eigenvalue weighted by molar-refractivity contribution is -0.116. The molecule has 0 aliphatic carbocycles. The number of hydrogen-bond acceptors (Lipinski definition) is 2. The maximum atomic E-state index is 12.0. The molecule has 0 saturated carbocycles. The van der Waals surface area contributed by atoms with Crippen molar-refractivity contribution in [3.8, 4) is 11.3 Å². The minimum Gasteiger partial charge on any atom is -0.461 e. The minimum atomic E-state index is -0.0509. The number of carbonyl (C=O) groups excluding carboxylic acids is 1. The van der Waals surface area contributed by atoms with Crippen LogP contribution in [0.25, 0.3) is 11.3 Å². The maximum Gasteiger partial charge on any atom is 0.224 e. The van der Waals surface area contributed by atoms with Crippen LogP contribution < -0.4 is 5.32 Å². The van der Waals surface area contributed by atoms with E-state index in [2.05, 4.69) is 5.32 Å². The van der Waals surface area contributed by atoms with Crippen molar-refractivity contribution in [3.05, 3.63) is 77.5 Å². The Morgan fingerprint density at radius 3 is 2.43 bits per heavy atom. The Morgan fingerprint density at radius 2 is 1.70 bits per heavy atom. The van der Waals surface area contributed by atoms with Gasteiger partial charge in [-0.15, -0.1) is 0 Å². The smallest absolute Gasteiger partial charge is 0.224 e. The summed E-state index contributed by atoms with van der Waals surface area (Å²) in [7, 11) is 0. The molecule has 0 aliphatic rings. The summed E-state index contributed by atoms with van der Waals surface area (Å²) in [6.07, 6.45) is 0.927. The predicted molar refractivity (Wildman–Crippen MR) is 92.5 cm³/mol. The van der Waals surface area contributed by atoms with E-state index in [4.69, 9.17) is 16.0 Å². The molecule has 0 radical (unpaired) electrons. The Kier molecular flexibility index (Phi) is 4.79. The second-order valence-corrected chi connectivity index (χ2v) is 5.62. The number of rotatable bonds is 5. The molecule has 0 saturated heterocycles. The first-order valence-electron chi connectivity index (χ1n) is 7.40. The number of nitrogens with one attached hydrogen (secondary N) is 1. The molecule has 1 heterocycles. The first kappa shape index (κ1) is 15.4. The van der Waals surface area contributed by atoms with Crippen LogP contribution in [0.15, 0.2) is 71.1 Å². The highest BCUT2D eigenvalue weighted by Gasteiger charge is 2.08. The van der Waals surface area contributed by atoms with Crippen molar-refractivity contribution >= 4 is 23.2 Å². The summed E-state index contributed by atoms with van der Waals surface area (Å²) in [6.45, 7) is 0. The molecule has 1 N–H and O–H groups in total. The van der Waals surface area contributed by atoms with Crippen LogP contribution in [-0.4, -0.2) is 5.91 Å². The summed E-state index contributed by atoms with van der Waals surface area (Å²) < 4.78 is 5.79. The first-order chi connectivity index (χ1) is 11.2. The second kappa shape index (κ2) is 7.16. The molecule has 0 fully saturated rings. The van der Waals surface area contributed by atoms with Crippen molar-refractivity contribution in [2.24, 2.45) is 0 Å². The normalized spacial score (nSPS) is 10.5. The van der Waals surface area contributed by atoms with Crippen LogP contribution in [0.1, 0.15) is 12.2 Å². The van der Waals surface area contributed by atoms with Crippen molar-refractivity contribution < 1.29 is 9.21 Å². The van der Waals surface area contributed by atoms with Crippen molar-refractivity contribution in [3.63, 3.8) is 0 Å². The van der Waals surface area contributed by atoms with Gasteiger partial charge < -0.3 is 9.73 Å². The zero-order valence-electron chi connectivity index (χ0n) is 12.5. The van der Waals surface area contributed by atoms with Gasteiger partial charge in [0.15, 0.2) is 0 Å². The standard InChI is InChI=1S/C19H16ClNO2/c20-15-6-8-16(9-7-15)21-19(22)13-11-17-10-12-18(23-17)14-4-2-1-3-5-14/h1-10,12H,11,13H2,(H,21,22). The topological polar surface area (TPSA) is 42.2 Å². The number of anilines is 1. The van der Waals surface area contributed by atoms with Gasteiger partial charge in [0, 0.05) is 29.1 Å². The largest absolute Gasteiger partial charge is 0.461 e. The van der Waals surface area contributed by atoms with Crippen LogP contribution in [0, 0.1) is 0 Å². The van der Waals surface area contributed by atoms with Gasteiger partial charge in [0.2, 0.25) is 5.91 Å². The number of aryl methyl sites for hydroxylation is 1. The van der Waals surface area contributed by atoms with Crippen LogP contribution in [0.2, 0.25) is 5.02 Å². The summed E-state index contributed by atoms with van der Waals surface area (Å²) >= 11 is 5.82. The molecule has 0 aliphatic heterocycles. The van der Waals surface area contributed by atoms with Gasteiger partial charge in [-0.2, -0.15) is 0 Å². The molecule has 0 spiro atoms. The number of benzene rings is 2. The van der Waals surface area contributed by atoms with E-state index < -0.39 is 0 Å². The minimum absolute atomic E-state index is 0.0509. The van der Waals surface area contributed by atoms with Gasteiger partial charge in [-0.3, -0.25) is 4.79 Å². The lowest BCUT2D eigenvalue weighted by Crippen LogP contribution is -2.11. The number of halogens is 1. The zero-order valence-corrected chi connectivity index (χ0v) is 13.2. The SMILES string of the molecule is O=C(CCc1ccc(-c2ccccc2)o1)Nc1ccc(Cl)cc1. The molecular formula is C19H16ClNO2. The molecule has 3 aromatic rings. The Morgan fingerprint density at radius 1 is 0.957 bits per heavy atom. The van der Waals surface area contributed by atoms with E-state index >= 15 is 0 Å². The third kappa shape index (κ3) is 4.24. The quantitative estimate of drug-likeness (QED) is 0.703. The molecule has 4 heteroatoms. The Balaban J connectivity index is 1.55. The Hall–Kier alpha value is -2.52. The molecule has 116 valence electrons. The summed E-state index contributed by atoms with van der Waals surface area (Å²) in [4.78, 5) is 12.0. The van der Waals surface area contributed by atoms with Crippen LogP contribution in [-0.2, 0) is 11.2 Å². The maximum absolute atomic E-state index is 12.0. The average Bonchev–Trinajstić information content (AvgIpc) is 3.05. The molecule has 23 heavy (non-hydrogen) atoms. The fourth-order valence-electron chi connectivity index (χ4n) is 2.26. The molecule has 2 aromatic carbocycles. The number of amides is 1. The highest BCUT2D eigenvalue weighted by Crippen LogP contribution is 2.22. The number of hydrogen-bond donors (Lipinski definition) is 1. The summed E-state index contributed by atoms with van der Waals surface area (Å²) in [5, 5.41) is 3.48. The fraction of sp³-hybridized carbons (Fsp3) is 0.105.